The van der Waals surface area contributed by atoms with Crippen molar-refractivity contribution >= 4 is 21.6 Å². The van der Waals surface area contributed by atoms with Gasteiger partial charge in [0.1, 0.15) is 0 Å². The van der Waals surface area contributed by atoms with Gasteiger partial charge in [0.2, 0.25) is 0 Å². The molecule has 2 aromatic rings. The fourth-order valence-electron chi connectivity index (χ4n) is 3.59. The van der Waals surface area contributed by atoms with E-state index in [0.29, 0.717) is 5.69 Å². The molecule has 9 heteroatoms. The summed E-state index contributed by atoms with van der Waals surface area (Å²) in [5.41, 5.74) is 0.686. The van der Waals surface area contributed by atoms with Gasteiger partial charge >= 0.3 is 6.18 Å². The molecule has 1 fully saturated rings. The third-order valence-corrected chi connectivity index (χ3v) is 7.11. The van der Waals surface area contributed by atoms with Crippen LogP contribution >= 0.6 is 0 Å². The third kappa shape index (κ3) is 4.61. The molecule has 0 radical (unpaired) electrons. The summed E-state index contributed by atoms with van der Waals surface area (Å²) in [4.78, 5) is 13.8. The molecule has 1 amide bonds. The molecule has 0 unspecified atom stereocenters. The highest BCUT2D eigenvalue weighted by Gasteiger charge is 2.42. The first-order valence-corrected chi connectivity index (χ1v) is 11.1. The Hall–Kier alpha value is -2.55. The van der Waals surface area contributed by atoms with E-state index in [1.54, 1.807) is 37.3 Å². The molecular formula is C21H23F3N2O3S. The van der Waals surface area contributed by atoms with Crippen molar-refractivity contribution in [2.75, 3.05) is 23.9 Å². The Labute approximate surface area is 174 Å². The minimum Gasteiger partial charge on any atom is -0.338 e. The number of halogens is 3. The average Bonchev–Trinajstić information content (AvgIpc) is 2.74. The summed E-state index contributed by atoms with van der Waals surface area (Å²) in [6, 6.07) is 14.0. The van der Waals surface area contributed by atoms with Crippen LogP contribution in [0.5, 0.6) is 0 Å². The largest absolute Gasteiger partial charge is 0.393 e. The van der Waals surface area contributed by atoms with Crippen molar-refractivity contribution in [1.82, 2.24) is 4.90 Å². The minimum atomic E-state index is -4.34. The van der Waals surface area contributed by atoms with Gasteiger partial charge in [0.25, 0.3) is 15.9 Å². The van der Waals surface area contributed by atoms with Crippen molar-refractivity contribution in [2.45, 2.75) is 30.8 Å². The molecule has 0 aliphatic carbocycles. The smallest absolute Gasteiger partial charge is 0.338 e. The number of sulfonamides is 1. The monoisotopic (exact) mass is 440 g/mol. The SMILES string of the molecule is CCN(c1ccccc1)S(=O)(=O)c1ccc(C(=O)N2CCC[C@H](C(F)(F)F)C2)cc1. The second kappa shape index (κ2) is 8.67. The lowest BCUT2D eigenvalue weighted by Crippen LogP contribution is -2.44. The summed E-state index contributed by atoms with van der Waals surface area (Å²) in [5.74, 6) is -2.05. The first-order valence-electron chi connectivity index (χ1n) is 9.68. The molecule has 0 N–H and O–H groups in total. The van der Waals surface area contributed by atoms with E-state index in [9.17, 15) is 26.4 Å². The average molecular weight is 440 g/mol. The van der Waals surface area contributed by atoms with Gasteiger partial charge in [0.05, 0.1) is 16.5 Å². The predicted molar refractivity (Wildman–Crippen MR) is 108 cm³/mol. The van der Waals surface area contributed by atoms with Crippen molar-refractivity contribution < 1.29 is 26.4 Å². The molecular weight excluding hydrogens is 417 g/mol. The standard InChI is InChI=1S/C21H23F3N2O3S/c1-2-26(18-8-4-3-5-9-18)30(28,29)19-12-10-16(11-13-19)20(27)25-14-6-7-17(15-25)21(22,23)24/h3-5,8-13,17H,2,6-7,14-15H2,1H3/t17-/m0/s1. The summed E-state index contributed by atoms with van der Waals surface area (Å²) in [6.07, 6.45) is -4.04. The van der Waals surface area contributed by atoms with E-state index in [1.165, 1.54) is 33.5 Å². The Morgan fingerprint density at radius 1 is 1.10 bits per heavy atom. The number of hydrogen-bond donors (Lipinski definition) is 0. The Morgan fingerprint density at radius 2 is 1.73 bits per heavy atom. The molecule has 5 nitrogen and oxygen atoms in total. The van der Waals surface area contributed by atoms with Crippen molar-refractivity contribution in [3.05, 3.63) is 60.2 Å². The van der Waals surface area contributed by atoms with Crippen LogP contribution in [-0.2, 0) is 10.0 Å². The van der Waals surface area contributed by atoms with Crippen LogP contribution in [0.2, 0.25) is 0 Å². The molecule has 3 rings (SSSR count). The zero-order valence-corrected chi connectivity index (χ0v) is 17.3. The molecule has 162 valence electrons. The first-order chi connectivity index (χ1) is 14.1. The second-order valence-corrected chi connectivity index (χ2v) is 9.02. The highest BCUT2D eigenvalue weighted by molar-refractivity contribution is 7.92. The van der Waals surface area contributed by atoms with E-state index in [0.717, 1.165) is 0 Å². The Morgan fingerprint density at radius 3 is 2.30 bits per heavy atom. The van der Waals surface area contributed by atoms with Crippen LogP contribution in [0.25, 0.3) is 0 Å². The predicted octanol–water partition coefficient (Wildman–Crippen LogP) is 4.32. The second-order valence-electron chi connectivity index (χ2n) is 7.16. The fraction of sp³-hybridized carbons (Fsp3) is 0.381. The summed E-state index contributed by atoms with van der Waals surface area (Å²) in [6.45, 7) is 1.82. The molecule has 1 aliphatic heterocycles. The number of para-hydroxylation sites is 1. The molecule has 0 saturated carbocycles. The van der Waals surface area contributed by atoms with Crippen LogP contribution in [0, 0.1) is 5.92 Å². The third-order valence-electron chi connectivity index (χ3n) is 5.19. The van der Waals surface area contributed by atoms with E-state index in [-0.39, 0.29) is 42.9 Å². The normalized spacial score (nSPS) is 17.6. The Balaban J connectivity index is 1.79. The maximum Gasteiger partial charge on any atom is 0.393 e. The molecule has 1 saturated heterocycles. The molecule has 1 aliphatic rings. The van der Waals surface area contributed by atoms with Crippen LogP contribution in [0.15, 0.2) is 59.5 Å². The highest BCUT2D eigenvalue weighted by atomic mass is 32.2. The Bertz CT molecular complexity index is 977. The van der Waals surface area contributed by atoms with Gasteiger partial charge < -0.3 is 4.90 Å². The number of alkyl halides is 3. The highest BCUT2D eigenvalue weighted by Crippen LogP contribution is 2.33. The van der Waals surface area contributed by atoms with E-state index in [4.69, 9.17) is 0 Å². The van der Waals surface area contributed by atoms with Crippen LogP contribution in [0.1, 0.15) is 30.1 Å². The maximum absolute atomic E-state index is 13.0. The summed E-state index contributed by atoms with van der Waals surface area (Å²) >= 11 is 0. The van der Waals surface area contributed by atoms with E-state index >= 15 is 0 Å². The number of hydrogen-bond acceptors (Lipinski definition) is 3. The fourth-order valence-corrected chi connectivity index (χ4v) is 5.07. The Kier molecular flexibility index (Phi) is 6.40. The van der Waals surface area contributed by atoms with Gasteiger partial charge in [-0.3, -0.25) is 9.10 Å². The lowest BCUT2D eigenvalue weighted by molar-refractivity contribution is -0.184. The van der Waals surface area contributed by atoms with E-state index in [2.05, 4.69) is 0 Å². The van der Waals surface area contributed by atoms with Crippen LogP contribution in [0.4, 0.5) is 18.9 Å². The van der Waals surface area contributed by atoms with Crippen molar-refractivity contribution in [1.29, 1.82) is 0 Å². The maximum atomic E-state index is 13.0. The van der Waals surface area contributed by atoms with Gasteiger partial charge in [-0.25, -0.2) is 8.42 Å². The molecule has 0 spiro atoms. The molecule has 30 heavy (non-hydrogen) atoms. The summed E-state index contributed by atoms with van der Waals surface area (Å²) < 4.78 is 66.3. The number of carbonyl (C=O) groups is 1. The van der Waals surface area contributed by atoms with Gasteiger partial charge in [0.15, 0.2) is 0 Å². The molecule has 0 aromatic heterocycles. The number of piperidine rings is 1. The van der Waals surface area contributed by atoms with E-state index < -0.39 is 28.0 Å². The number of benzene rings is 2. The molecule has 2 aromatic carbocycles. The molecule has 0 bridgehead atoms. The number of anilines is 1. The van der Waals surface area contributed by atoms with Crippen LogP contribution in [0.3, 0.4) is 0 Å². The van der Waals surface area contributed by atoms with Gasteiger partial charge in [0, 0.05) is 25.2 Å². The molecule has 1 atom stereocenters. The van der Waals surface area contributed by atoms with Crippen molar-refractivity contribution in [3.8, 4) is 0 Å². The van der Waals surface area contributed by atoms with Gasteiger partial charge in [-0.2, -0.15) is 13.2 Å². The van der Waals surface area contributed by atoms with Crippen molar-refractivity contribution in [3.63, 3.8) is 0 Å². The lowest BCUT2D eigenvalue weighted by Gasteiger charge is -2.33. The van der Waals surface area contributed by atoms with E-state index in [1.807, 2.05) is 0 Å². The number of amides is 1. The van der Waals surface area contributed by atoms with Crippen molar-refractivity contribution in [2.24, 2.45) is 5.92 Å². The number of carbonyl (C=O) groups excluding carboxylic acids is 1. The summed E-state index contributed by atoms with van der Waals surface area (Å²) in [7, 11) is -3.84. The van der Waals surface area contributed by atoms with Crippen LogP contribution < -0.4 is 4.31 Å². The van der Waals surface area contributed by atoms with Gasteiger partial charge in [-0.05, 0) is 56.2 Å². The zero-order valence-electron chi connectivity index (χ0n) is 16.5. The van der Waals surface area contributed by atoms with Gasteiger partial charge in [-0.15, -0.1) is 0 Å². The number of likely N-dealkylation sites (tertiary alicyclic amines) is 1. The quantitative estimate of drug-likeness (QED) is 0.696. The van der Waals surface area contributed by atoms with Crippen LogP contribution in [-0.4, -0.2) is 45.0 Å². The first kappa shape index (κ1) is 22.1. The lowest BCUT2D eigenvalue weighted by atomic mass is 9.97. The zero-order chi connectivity index (χ0) is 21.9. The minimum absolute atomic E-state index is 0.0107. The topological polar surface area (TPSA) is 57.7 Å². The number of rotatable bonds is 5. The van der Waals surface area contributed by atoms with Gasteiger partial charge in [-0.1, -0.05) is 18.2 Å². The molecule has 1 heterocycles. The number of nitrogens with zero attached hydrogens (tertiary/aromatic N) is 2. The summed E-state index contributed by atoms with van der Waals surface area (Å²) in [5, 5.41) is 0.